The summed E-state index contributed by atoms with van der Waals surface area (Å²) in [5.74, 6) is 0. The minimum atomic E-state index is -1.63. The van der Waals surface area contributed by atoms with Gasteiger partial charge < -0.3 is 90.1 Å². The number of rotatable bonds is 6. The Hall–Kier alpha value is 1.85. The predicted molar refractivity (Wildman–Crippen MR) is 94.1 cm³/mol. The van der Waals surface area contributed by atoms with Gasteiger partial charge in [0, 0.05) is 12.8 Å². The molecular weight excluding hydrogens is 748 g/mol. The van der Waals surface area contributed by atoms with Crippen molar-refractivity contribution in [1.82, 2.24) is 0 Å². The van der Waals surface area contributed by atoms with Gasteiger partial charge in [-0.25, -0.2) is 0 Å². The van der Waals surface area contributed by atoms with Crippen molar-refractivity contribution in [3.63, 3.8) is 0 Å². The molecule has 0 saturated carbocycles. The fraction of sp³-hybridized carbons (Fsp3) is 1.00. The van der Waals surface area contributed by atoms with Crippen LogP contribution in [0.1, 0.15) is 12.8 Å². The first kappa shape index (κ1) is 98.9. The number of nitrogens with two attached hydrogens (primary N) is 8. The average molecular weight is 784 g/mol. The summed E-state index contributed by atoms with van der Waals surface area (Å²) in [5, 5.41) is 65.6. The van der Waals surface area contributed by atoms with Crippen LogP contribution in [0.15, 0.2) is 0 Å². The van der Waals surface area contributed by atoms with E-state index in [0.29, 0.717) is 0 Å². The van der Waals surface area contributed by atoms with Crippen LogP contribution in [0, 0.1) is 0 Å². The summed E-state index contributed by atoms with van der Waals surface area (Å²) in [4.78, 5) is 0. The Labute approximate surface area is 217 Å². The summed E-state index contributed by atoms with van der Waals surface area (Å²) >= 11 is 0. The maximum atomic E-state index is 8.64. The molecule has 0 unspecified atom stereocenters. The van der Waals surface area contributed by atoms with E-state index in [1.54, 1.807) is 0 Å². The third kappa shape index (κ3) is 105. The summed E-state index contributed by atoms with van der Waals surface area (Å²) in [7, 11) is 0. The van der Waals surface area contributed by atoms with Crippen LogP contribution in [-0.4, -0.2) is 78.9 Å². The summed E-state index contributed by atoms with van der Waals surface area (Å²) in [6.45, 7) is -0.756. The van der Waals surface area contributed by atoms with Gasteiger partial charge in [-0.1, -0.05) is 0 Å². The van der Waals surface area contributed by atoms with Crippen molar-refractivity contribution in [3.8, 4) is 0 Å². The first-order chi connectivity index (χ1) is 7.33. The smallest absolute Gasteiger partial charge is 0.693 e. The third-order valence-electron chi connectivity index (χ3n) is 1.39. The zero-order chi connectivity index (χ0) is 13.1. The summed E-state index contributed by atoms with van der Waals surface area (Å²) in [6, 6.07) is 0. The van der Waals surface area contributed by atoms with E-state index in [1.165, 1.54) is 0 Å². The molecule has 0 fully saturated rings. The molecular formula is C8H36N8O8Rh4. The number of aliphatic hydroxyl groups is 8. The van der Waals surface area contributed by atoms with E-state index >= 15 is 0 Å². The topological polar surface area (TPSA) is 430 Å². The SMILES string of the molecule is OC(O)CC(O)O.OC[C@@H](O)C[C@@H](O)CO.[NH2-].[NH2-].[NH2-].[NH2-].[NH2-].[NH2-].[NH2-].[NH2-].[Rh+2].[Rh+2].[Rh+2].[Rh+2]. The van der Waals surface area contributed by atoms with Crippen LogP contribution in [0.4, 0.5) is 0 Å². The predicted octanol–water partition coefficient (Wildman–Crippen LogP) is 1.81. The molecule has 192 valence electrons. The van der Waals surface area contributed by atoms with Gasteiger partial charge in [-0.05, 0) is 0 Å². The van der Waals surface area contributed by atoms with Gasteiger partial charge in [0.05, 0.1) is 25.4 Å². The molecule has 0 aliphatic carbocycles. The van der Waals surface area contributed by atoms with Crippen molar-refractivity contribution in [1.29, 1.82) is 0 Å². The Morgan fingerprint density at radius 3 is 0.643 bits per heavy atom. The zero-order valence-corrected chi connectivity index (χ0v) is 21.2. The molecule has 2 atom stereocenters. The summed E-state index contributed by atoms with van der Waals surface area (Å²) in [6.07, 6.45) is -5.49. The van der Waals surface area contributed by atoms with E-state index < -0.39 is 31.2 Å². The van der Waals surface area contributed by atoms with Crippen molar-refractivity contribution in [2.75, 3.05) is 13.2 Å². The van der Waals surface area contributed by atoms with Gasteiger partial charge >= 0.3 is 77.9 Å². The molecule has 0 heterocycles. The van der Waals surface area contributed by atoms with E-state index in [2.05, 4.69) is 0 Å². The van der Waals surface area contributed by atoms with E-state index in [1.807, 2.05) is 0 Å². The molecule has 20 heteroatoms. The largest absolute Gasteiger partial charge is 2.00 e. The van der Waals surface area contributed by atoms with Crippen LogP contribution < -0.4 is 0 Å². The van der Waals surface area contributed by atoms with Crippen LogP contribution in [0.3, 0.4) is 0 Å². The van der Waals surface area contributed by atoms with E-state index in [9.17, 15) is 0 Å². The molecule has 0 aliphatic rings. The quantitative estimate of drug-likeness (QED) is 0.145. The zero-order valence-electron chi connectivity index (χ0n) is 14.7. The van der Waals surface area contributed by atoms with Gasteiger partial charge in [0.25, 0.3) is 0 Å². The number of hydrogen-bond donors (Lipinski definition) is 8. The van der Waals surface area contributed by atoms with Crippen LogP contribution >= 0.6 is 0 Å². The molecule has 0 aromatic rings. The van der Waals surface area contributed by atoms with Crippen LogP contribution in [0.25, 0.3) is 49.2 Å². The van der Waals surface area contributed by atoms with Crippen molar-refractivity contribution >= 4 is 0 Å². The Balaban J connectivity index is -0.00000000825. The number of hydrogen-bond acceptors (Lipinski definition) is 8. The monoisotopic (exact) mass is 784 g/mol. The Bertz CT molecular complexity index is 165. The Morgan fingerprint density at radius 2 is 0.571 bits per heavy atom. The molecule has 0 amide bonds. The van der Waals surface area contributed by atoms with Crippen LogP contribution in [0.5, 0.6) is 0 Å². The Morgan fingerprint density at radius 1 is 0.393 bits per heavy atom. The van der Waals surface area contributed by atoms with E-state index in [4.69, 9.17) is 40.9 Å². The minimum absolute atomic E-state index is 0. The molecule has 16 nitrogen and oxygen atoms in total. The summed E-state index contributed by atoms with van der Waals surface area (Å²) in [5.41, 5.74) is 0. The molecule has 0 rings (SSSR count). The maximum Gasteiger partial charge on any atom is 2.00 e. The second kappa shape index (κ2) is 70.2. The van der Waals surface area contributed by atoms with Crippen LogP contribution in [-0.2, 0) is 77.9 Å². The van der Waals surface area contributed by atoms with E-state index in [-0.39, 0.29) is 147 Å². The molecule has 4 radical (unpaired) electrons. The third-order valence-corrected chi connectivity index (χ3v) is 1.39. The average Bonchev–Trinajstić information content (AvgIpc) is 2.16. The molecule has 0 bridgehead atoms. The van der Waals surface area contributed by atoms with Crippen molar-refractivity contribution < 1.29 is 119 Å². The molecule has 0 spiro atoms. The summed E-state index contributed by atoms with van der Waals surface area (Å²) < 4.78 is 0. The number of aliphatic hydroxyl groups excluding tert-OH is 6. The molecule has 24 N–H and O–H groups in total. The second-order valence-corrected chi connectivity index (χ2v) is 3.11. The van der Waals surface area contributed by atoms with Crippen molar-refractivity contribution in [2.24, 2.45) is 0 Å². The Kier molecular flexibility index (Phi) is 248. The molecule has 0 aromatic carbocycles. The van der Waals surface area contributed by atoms with Gasteiger partial charge in [-0.2, -0.15) is 0 Å². The van der Waals surface area contributed by atoms with Gasteiger partial charge in [0.15, 0.2) is 12.6 Å². The molecule has 28 heavy (non-hydrogen) atoms. The first-order valence-corrected chi connectivity index (χ1v) is 4.63. The van der Waals surface area contributed by atoms with Crippen LogP contribution in [0.2, 0.25) is 0 Å². The minimum Gasteiger partial charge on any atom is -0.693 e. The standard InChI is InChI=1S/C5H12O4.C3H8O4.8H2N.4Rh/c6-2-4(8)1-5(9)3-7;4-2(5)1-3(6)7;;;;;;;;;;;;/h4-9H,1-3H2;2-7H,1H2;8*1H2;;;;/q;;8*-1;4*+2/t4-,5+;;;;;;;;;;;;;. The van der Waals surface area contributed by atoms with Gasteiger partial charge in [-0.15, -0.1) is 0 Å². The maximum absolute atomic E-state index is 8.64. The normalized spacial score (nSPS) is 8.36. The first-order valence-electron chi connectivity index (χ1n) is 4.63. The fourth-order valence-corrected chi connectivity index (χ4v) is 0.652. The second-order valence-electron chi connectivity index (χ2n) is 3.11. The molecule has 0 saturated heterocycles. The molecule has 0 aliphatic heterocycles. The fourth-order valence-electron chi connectivity index (χ4n) is 0.652. The molecule has 0 aromatic heterocycles. The van der Waals surface area contributed by atoms with Gasteiger partial charge in [0.2, 0.25) is 0 Å². The van der Waals surface area contributed by atoms with E-state index in [0.717, 1.165) is 0 Å². The van der Waals surface area contributed by atoms with Gasteiger partial charge in [0.1, 0.15) is 0 Å². The van der Waals surface area contributed by atoms with Crippen molar-refractivity contribution in [2.45, 2.75) is 37.6 Å². The van der Waals surface area contributed by atoms with Gasteiger partial charge in [-0.3, -0.25) is 0 Å². The van der Waals surface area contributed by atoms with Crippen molar-refractivity contribution in [3.05, 3.63) is 49.2 Å².